The lowest BCUT2D eigenvalue weighted by atomic mass is 9.93. The van der Waals surface area contributed by atoms with E-state index in [2.05, 4.69) is 27.3 Å². The molecule has 0 aliphatic carbocycles. The number of hydrogen-bond acceptors (Lipinski definition) is 2. The fourth-order valence-corrected chi connectivity index (χ4v) is 1.89. The van der Waals surface area contributed by atoms with Crippen molar-refractivity contribution in [1.29, 1.82) is 5.26 Å². The van der Waals surface area contributed by atoms with Crippen molar-refractivity contribution >= 4 is 33.4 Å². The van der Waals surface area contributed by atoms with Gasteiger partial charge in [0, 0.05) is 5.02 Å². The highest BCUT2D eigenvalue weighted by Gasteiger charge is 2.31. The van der Waals surface area contributed by atoms with Crippen molar-refractivity contribution < 1.29 is 4.79 Å². The Kier molecular flexibility index (Phi) is 5.39. The van der Waals surface area contributed by atoms with Gasteiger partial charge in [-0.25, -0.2) is 0 Å². The number of rotatable bonds is 4. The summed E-state index contributed by atoms with van der Waals surface area (Å²) in [4.78, 5) is 11.7. The molecule has 3 nitrogen and oxygen atoms in total. The Hall–Kier alpha value is -1.05. The molecule has 102 valence electrons. The van der Waals surface area contributed by atoms with Crippen LogP contribution < -0.4 is 5.32 Å². The van der Waals surface area contributed by atoms with E-state index in [1.807, 2.05) is 13.8 Å². The molecule has 5 heteroatoms. The third-order valence-electron chi connectivity index (χ3n) is 2.83. The smallest absolute Gasteiger partial charge is 0.235 e. The van der Waals surface area contributed by atoms with Gasteiger partial charge in [-0.3, -0.25) is 4.79 Å². The van der Waals surface area contributed by atoms with Gasteiger partial charge in [-0.1, -0.05) is 53.5 Å². The molecule has 0 saturated carbocycles. The maximum Gasteiger partial charge on any atom is 0.235 e. The minimum atomic E-state index is -1.09. The molecule has 1 aromatic carbocycles. The molecule has 0 aromatic heterocycles. The third-order valence-corrected chi connectivity index (χ3v) is 4.54. The second-order valence-electron chi connectivity index (χ2n) is 4.88. The number of carbonyl (C=O) groups is 1. The molecule has 1 aromatic rings. The molecular weight excluding hydrogens is 328 g/mol. The first kappa shape index (κ1) is 16.0. The summed E-state index contributed by atoms with van der Waals surface area (Å²) in [6, 6.07) is 9.08. The molecule has 1 rings (SSSR count). The van der Waals surface area contributed by atoms with E-state index < -0.39 is 5.54 Å². The lowest BCUT2D eigenvalue weighted by Gasteiger charge is -2.26. The summed E-state index contributed by atoms with van der Waals surface area (Å²) in [5.74, 6) is -0.0682. The zero-order chi connectivity index (χ0) is 14.6. The van der Waals surface area contributed by atoms with Crippen molar-refractivity contribution in [3.8, 4) is 6.07 Å². The predicted molar refractivity (Wildman–Crippen MR) is 80.1 cm³/mol. The van der Waals surface area contributed by atoms with E-state index in [0.29, 0.717) is 10.6 Å². The van der Waals surface area contributed by atoms with E-state index in [9.17, 15) is 10.1 Å². The van der Waals surface area contributed by atoms with Crippen LogP contribution in [0.5, 0.6) is 0 Å². The van der Waals surface area contributed by atoms with Gasteiger partial charge in [0.2, 0.25) is 5.91 Å². The number of halogens is 2. The fourth-order valence-electron chi connectivity index (χ4n) is 1.58. The van der Waals surface area contributed by atoms with Crippen LogP contribution in [0.2, 0.25) is 5.02 Å². The van der Waals surface area contributed by atoms with Crippen LogP contribution in [0.1, 0.15) is 26.3 Å². The quantitative estimate of drug-likeness (QED) is 0.849. The number of alkyl halides is 1. The van der Waals surface area contributed by atoms with Gasteiger partial charge in [0.1, 0.15) is 5.54 Å². The maximum absolute atomic E-state index is 12.1. The number of carbonyl (C=O) groups excluding carboxylic acids is 1. The van der Waals surface area contributed by atoms with Crippen LogP contribution in [0.3, 0.4) is 0 Å². The van der Waals surface area contributed by atoms with Gasteiger partial charge in [-0.15, -0.1) is 0 Å². The highest BCUT2D eigenvalue weighted by Crippen LogP contribution is 2.24. The molecule has 0 heterocycles. The fraction of sp³-hybridized carbons (Fsp3) is 0.429. The van der Waals surface area contributed by atoms with Gasteiger partial charge in [-0.05, 0) is 30.5 Å². The molecule has 1 amide bonds. The van der Waals surface area contributed by atoms with Gasteiger partial charge < -0.3 is 5.32 Å². The molecule has 0 aliphatic rings. The standard InChI is InChI=1S/C14H16BrClN2O/c1-9(2)12(15)13(19)18-14(3,8-17)10-5-4-6-11(16)7-10/h4-7,9,12H,1-3H3,(H,18,19). The van der Waals surface area contributed by atoms with Crippen LogP contribution in [0.4, 0.5) is 0 Å². The van der Waals surface area contributed by atoms with E-state index in [-0.39, 0.29) is 16.7 Å². The number of amides is 1. The molecule has 0 radical (unpaired) electrons. The average molecular weight is 344 g/mol. The lowest BCUT2D eigenvalue weighted by molar-refractivity contribution is -0.122. The van der Waals surface area contributed by atoms with Crippen molar-refractivity contribution in [2.45, 2.75) is 31.1 Å². The van der Waals surface area contributed by atoms with Crippen molar-refractivity contribution in [2.24, 2.45) is 5.92 Å². The van der Waals surface area contributed by atoms with Gasteiger partial charge in [-0.2, -0.15) is 5.26 Å². The van der Waals surface area contributed by atoms with Crippen molar-refractivity contribution in [3.63, 3.8) is 0 Å². The van der Waals surface area contributed by atoms with Crippen molar-refractivity contribution in [1.82, 2.24) is 5.32 Å². The first-order valence-electron chi connectivity index (χ1n) is 5.93. The Bertz CT molecular complexity index is 512. The van der Waals surface area contributed by atoms with Crippen LogP contribution in [-0.4, -0.2) is 10.7 Å². The number of hydrogen-bond donors (Lipinski definition) is 1. The molecule has 1 N–H and O–H groups in total. The second kappa shape index (κ2) is 6.40. The zero-order valence-electron chi connectivity index (χ0n) is 11.1. The van der Waals surface area contributed by atoms with E-state index in [1.54, 1.807) is 31.2 Å². The van der Waals surface area contributed by atoms with Gasteiger partial charge in [0.15, 0.2) is 0 Å². The Morgan fingerprint density at radius 1 is 1.53 bits per heavy atom. The highest BCUT2D eigenvalue weighted by molar-refractivity contribution is 9.10. The Morgan fingerprint density at radius 3 is 2.63 bits per heavy atom. The van der Waals surface area contributed by atoms with Gasteiger partial charge in [0.25, 0.3) is 0 Å². The Labute approximate surface area is 127 Å². The minimum Gasteiger partial charge on any atom is -0.333 e. The Balaban J connectivity index is 3.00. The van der Waals surface area contributed by atoms with E-state index in [4.69, 9.17) is 11.6 Å². The van der Waals surface area contributed by atoms with E-state index >= 15 is 0 Å². The molecule has 2 atom stereocenters. The maximum atomic E-state index is 12.1. The van der Waals surface area contributed by atoms with E-state index in [1.165, 1.54) is 0 Å². The summed E-state index contributed by atoms with van der Waals surface area (Å²) >= 11 is 9.25. The molecule has 0 spiro atoms. The zero-order valence-corrected chi connectivity index (χ0v) is 13.4. The lowest BCUT2D eigenvalue weighted by Crippen LogP contribution is -2.46. The molecular formula is C14H16BrClN2O. The van der Waals surface area contributed by atoms with Gasteiger partial charge in [0.05, 0.1) is 10.9 Å². The molecule has 0 bridgehead atoms. The molecule has 2 unspecified atom stereocenters. The minimum absolute atomic E-state index is 0.141. The number of nitrogens with zero attached hydrogens (tertiary/aromatic N) is 1. The summed E-state index contributed by atoms with van der Waals surface area (Å²) in [5.41, 5.74) is -0.428. The summed E-state index contributed by atoms with van der Waals surface area (Å²) in [6.45, 7) is 5.53. The van der Waals surface area contributed by atoms with Gasteiger partial charge >= 0.3 is 0 Å². The molecule has 19 heavy (non-hydrogen) atoms. The summed E-state index contributed by atoms with van der Waals surface area (Å²) in [5, 5.41) is 12.7. The van der Waals surface area contributed by atoms with Crippen LogP contribution in [0.25, 0.3) is 0 Å². The number of benzene rings is 1. The molecule has 0 saturated heterocycles. The highest BCUT2D eigenvalue weighted by atomic mass is 79.9. The largest absolute Gasteiger partial charge is 0.333 e. The Morgan fingerprint density at radius 2 is 2.16 bits per heavy atom. The van der Waals surface area contributed by atoms with Crippen molar-refractivity contribution in [3.05, 3.63) is 34.9 Å². The first-order valence-corrected chi connectivity index (χ1v) is 7.23. The van der Waals surface area contributed by atoms with Crippen LogP contribution in [-0.2, 0) is 10.3 Å². The van der Waals surface area contributed by atoms with Crippen LogP contribution in [0, 0.1) is 17.2 Å². The molecule has 0 fully saturated rings. The SMILES string of the molecule is CC(C)C(Br)C(=O)NC(C)(C#N)c1cccc(Cl)c1. The first-order chi connectivity index (χ1) is 8.80. The normalized spacial score (nSPS) is 15.4. The van der Waals surface area contributed by atoms with Crippen LogP contribution in [0.15, 0.2) is 24.3 Å². The number of nitrogens with one attached hydrogen (secondary N) is 1. The number of nitriles is 1. The third kappa shape index (κ3) is 3.95. The van der Waals surface area contributed by atoms with Crippen LogP contribution >= 0.6 is 27.5 Å². The van der Waals surface area contributed by atoms with E-state index in [0.717, 1.165) is 0 Å². The second-order valence-corrected chi connectivity index (χ2v) is 6.31. The summed E-state index contributed by atoms with van der Waals surface area (Å²) in [6.07, 6.45) is 0. The summed E-state index contributed by atoms with van der Waals surface area (Å²) in [7, 11) is 0. The van der Waals surface area contributed by atoms with Crippen molar-refractivity contribution in [2.75, 3.05) is 0 Å². The topological polar surface area (TPSA) is 52.9 Å². The summed E-state index contributed by atoms with van der Waals surface area (Å²) < 4.78 is 0. The monoisotopic (exact) mass is 342 g/mol. The average Bonchev–Trinajstić information content (AvgIpc) is 2.37. The molecule has 0 aliphatic heterocycles. The predicted octanol–water partition coefficient (Wildman–Crippen LogP) is 3.61.